The van der Waals surface area contributed by atoms with E-state index in [0.717, 1.165) is 39.0 Å². The molecule has 1 aliphatic carbocycles. The molecule has 1 amide bonds. The summed E-state index contributed by atoms with van der Waals surface area (Å²) < 4.78 is 0. The second kappa shape index (κ2) is 5.57. The highest BCUT2D eigenvalue weighted by atomic mass is 16.2. The van der Waals surface area contributed by atoms with Gasteiger partial charge in [0.1, 0.15) is 0 Å². The quantitative estimate of drug-likeness (QED) is 0.805. The SMILES string of the molecule is CC(C)N(C)CCCN1CNC2(CCCC2)C1=O. The van der Waals surface area contributed by atoms with Crippen molar-refractivity contribution in [2.24, 2.45) is 0 Å². The van der Waals surface area contributed by atoms with Crippen LogP contribution in [0.4, 0.5) is 0 Å². The number of carbonyl (C=O) groups is 1. The summed E-state index contributed by atoms with van der Waals surface area (Å²) >= 11 is 0. The Morgan fingerprint density at radius 1 is 1.39 bits per heavy atom. The Hall–Kier alpha value is -0.610. The molecular formula is C14H27N3O. The zero-order chi connectivity index (χ0) is 13.2. The van der Waals surface area contributed by atoms with Gasteiger partial charge in [-0.25, -0.2) is 0 Å². The highest BCUT2D eigenvalue weighted by Gasteiger charge is 2.47. The Morgan fingerprint density at radius 2 is 2.06 bits per heavy atom. The van der Waals surface area contributed by atoms with Crippen LogP contribution in [0.15, 0.2) is 0 Å². The summed E-state index contributed by atoms with van der Waals surface area (Å²) in [5.74, 6) is 0.354. The molecule has 1 heterocycles. The van der Waals surface area contributed by atoms with Crippen molar-refractivity contribution < 1.29 is 4.79 Å². The Bertz CT molecular complexity index is 297. The molecule has 2 rings (SSSR count). The number of nitrogens with one attached hydrogen (secondary N) is 1. The van der Waals surface area contributed by atoms with Crippen molar-refractivity contribution in [3.8, 4) is 0 Å². The molecule has 1 spiro atoms. The van der Waals surface area contributed by atoms with E-state index < -0.39 is 0 Å². The van der Waals surface area contributed by atoms with Gasteiger partial charge >= 0.3 is 0 Å². The Morgan fingerprint density at radius 3 is 2.67 bits per heavy atom. The highest BCUT2D eigenvalue weighted by Crippen LogP contribution is 2.34. The predicted molar refractivity (Wildman–Crippen MR) is 73.3 cm³/mol. The van der Waals surface area contributed by atoms with E-state index in [0.29, 0.717) is 11.9 Å². The summed E-state index contributed by atoms with van der Waals surface area (Å²) in [6, 6.07) is 0.582. The van der Waals surface area contributed by atoms with Gasteiger partial charge in [0, 0.05) is 12.6 Å². The largest absolute Gasteiger partial charge is 0.328 e. The van der Waals surface area contributed by atoms with Gasteiger partial charge in [-0.2, -0.15) is 0 Å². The first-order valence-corrected chi connectivity index (χ1v) is 7.30. The molecule has 0 atom stereocenters. The lowest BCUT2D eigenvalue weighted by molar-refractivity contribution is -0.132. The van der Waals surface area contributed by atoms with Crippen LogP contribution in [0.5, 0.6) is 0 Å². The molecule has 0 aromatic carbocycles. The van der Waals surface area contributed by atoms with Crippen LogP contribution in [0.3, 0.4) is 0 Å². The second-order valence-electron chi connectivity index (χ2n) is 6.12. The molecular weight excluding hydrogens is 226 g/mol. The second-order valence-corrected chi connectivity index (χ2v) is 6.12. The lowest BCUT2D eigenvalue weighted by atomic mass is 9.98. The molecule has 1 saturated heterocycles. The van der Waals surface area contributed by atoms with Crippen LogP contribution >= 0.6 is 0 Å². The van der Waals surface area contributed by atoms with Crippen LogP contribution in [-0.2, 0) is 4.79 Å². The minimum atomic E-state index is -0.177. The van der Waals surface area contributed by atoms with Gasteiger partial charge in [-0.15, -0.1) is 0 Å². The van der Waals surface area contributed by atoms with Crippen molar-refractivity contribution in [3.05, 3.63) is 0 Å². The van der Waals surface area contributed by atoms with Gasteiger partial charge in [-0.05, 0) is 46.7 Å². The number of nitrogens with zero attached hydrogens (tertiary/aromatic N) is 2. The molecule has 2 fully saturated rings. The number of rotatable bonds is 5. The highest BCUT2D eigenvalue weighted by molar-refractivity contribution is 5.88. The summed E-state index contributed by atoms with van der Waals surface area (Å²) in [6.45, 7) is 7.12. The van der Waals surface area contributed by atoms with Crippen molar-refractivity contribution in [1.82, 2.24) is 15.1 Å². The van der Waals surface area contributed by atoms with Gasteiger partial charge in [0.05, 0.1) is 12.2 Å². The average molecular weight is 253 g/mol. The molecule has 0 aromatic heterocycles. The fourth-order valence-electron chi connectivity index (χ4n) is 3.02. The molecule has 1 aliphatic heterocycles. The first-order chi connectivity index (χ1) is 8.55. The van der Waals surface area contributed by atoms with Crippen LogP contribution in [0.25, 0.3) is 0 Å². The Kier molecular flexibility index (Phi) is 4.28. The normalized spacial score (nSPS) is 22.9. The summed E-state index contributed by atoms with van der Waals surface area (Å²) in [6.07, 6.45) is 5.53. The monoisotopic (exact) mass is 253 g/mol. The van der Waals surface area contributed by atoms with Gasteiger partial charge in [-0.1, -0.05) is 12.8 Å². The average Bonchev–Trinajstić information content (AvgIpc) is 2.92. The molecule has 0 bridgehead atoms. The van der Waals surface area contributed by atoms with E-state index in [1.54, 1.807) is 0 Å². The minimum absolute atomic E-state index is 0.177. The van der Waals surface area contributed by atoms with Gasteiger partial charge < -0.3 is 9.80 Å². The van der Waals surface area contributed by atoms with Gasteiger partial charge in [0.2, 0.25) is 5.91 Å². The molecule has 1 N–H and O–H groups in total. The zero-order valence-corrected chi connectivity index (χ0v) is 12.0. The van der Waals surface area contributed by atoms with E-state index in [1.807, 2.05) is 4.90 Å². The maximum Gasteiger partial charge on any atom is 0.243 e. The number of hydrogen-bond donors (Lipinski definition) is 1. The van der Waals surface area contributed by atoms with E-state index >= 15 is 0 Å². The van der Waals surface area contributed by atoms with E-state index in [9.17, 15) is 4.79 Å². The lowest BCUT2D eigenvalue weighted by Crippen LogP contribution is -2.44. The summed E-state index contributed by atoms with van der Waals surface area (Å²) in [5.41, 5.74) is -0.177. The summed E-state index contributed by atoms with van der Waals surface area (Å²) in [4.78, 5) is 16.7. The van der Waals surface area contributed by atoms with Crippen molar-refractivity contribution >= 4 is 5.91 Å². The number of hydrogen-bond acceptors (Lipinski definition) is 3. The van der Waals surface area contributed by atoms with Gasteiger partial charge in [-0.3, -0.25) is 10.1 Å². The Labute approximate surface area is 111 Å². The maximum atomic E-state index is 12.4. The standard InChI is InChI=1S/C14H27N3O/c1-12(2)16(3)9-6-10-17-11-15-14(13(17)18)7-4-5-8-14/h12,15H,4-11H2,1-3H3. The van der Waals surface area contributed by atoms with E-state index in [-0.39, 0.29) is 5.54 Å². The van der Waals surface area contributed by atoms with Crippen LogP contribution in [0.2, 0.25) is 0 Å². The first kappa shape index (κ1) is 13.8. The van der Waals surface area contributed by atoms with E-state index in [1.165, 1.54) is 12.8 Å². The fraction of sp³-hybridized carbons (Fsp3) is 0.929. The van der Waals surface area contributed by atoms with E-state index in [4.69, 9.17) is 0 Å². The molecule has 2 aliphatic rings. The molecule has 1 saturated carbocycles. The van der Waals surface area contributed by atoms with Crippen LogP contribution < -0.4 is 5.32 Å². The third-order valence-corrected chi connectivity index (χ3v) is 4.58. The topological polar surface area (TPSA) is 35.6 Å². The van der Waals surface area contributed by atoms with Crippen LogP contribution in [0, 0.1) is 0 Å². The molecule has 0 aromatic rings. The van der Waals surface area contributed by atoms with Crippen molar-refractivity contribution in [3.63, 3.8) is 0 Å². The van der Waals surface area contributed by atoms with Crippen LogP contribution in [0.1, 0.15) is 46.0 Å². The number of amides is 1. The lowest BCUT2D eigenvalue weighted by Gasteiger charge is -2.24. The fourth-order valence-corrected chi connectivity index (χ4v) is 3.02. The zero-order valence-electron chi connectivity index (χ0n) is 12.0. The van der Waals surface area contributed by atoms with Crippen molar-refractivity contribution in [2.45, 2.75) is 57.5 Å². The molecule has 0 radical (unpaired) electrons. The van der Waals surface area contributed by atoms with Gasteiger partial charge in [0.25, 0.3) is 0 Å². The molecule has 4 heteroatoms. The smallest absolute Gasteiger partial charge is 0.243 e. The van der Waals surface area contributed by atoms with Crippen molar-refractivity contribution in [1.29, 1.82) is 0 Å². The summed E-state index contributed by atoms with van der Waals surface area (Å²) in [7, 11) is 2.15. The minimum Gasteiger partial charge on any atom is -0.328 e. The predicted octanol–water partition coefficient (Wildman–Crippen LogP) is 1.42. The molecule has 0 unspecified atom stereocenters. The molecule has 18 heavy (non-hydrogen) atoms. The summed E-state index contributed by atoms with van der Waals surface area (Å²) in [5, 5.41) is 3.46. The third-order valence-electron chi connectivity index (χ3n) is 4.58. The Balaban J connectivity index is 1.76. The molecule has 104 valence electrons. The van der Waals surface area contributed by atoms with Crippen molar-refractivity contribution in [2.75, 3.05) is 26.8 Å². The molecule has 4 nitrogen and oxygen atoms in total. The maximum absolute atomic E-state index is 12.4. The third kappa shape index (κ3) is 2.69. The van der Waals surface area contributed by atoms with Gasteiger partial charge in [0.15, 0.2) is 0 Å². The first-order valence-electron chi connectivity index (χ1n) is 7.30. The number of carbonyl (C=O) groups excluding carboxylic acids is 1. The van der Waals surface area contributed by atoms with Crippen LogP contribution in [-0.4, -0.2) is 54.1 Å². The van der Waals surface area contributed by atoms with E-state index in [2.05, 4.69) is 31.1 Å².